The van der Waals surface area contributed by atoms with Gasteiger partial charge in [-0.2, -0.15) is 0 Å². The highest BCUT2D eigenvalue weighted by atomic mass is 32.1. The molecule has 3 aromatic rings. The van der Waals surface area contributed by atoms with Crippen LogP contribution in [0.4, 0.5) is 0 Å². The second kappa shape index (κ2) is 8.53. The molecule has 0 aliphatic rings. The number of imidazole rings is 1. The molecule has 1 aromatic carbocycles. The normalized spacial score (nSPS) is 10.8. The highest BCUT2D eigenvalue weighted by molar-refractivity contribution is 7.15. The Labute approximate surface area is 150 Å². The maximum Gasteiger partial charge on any atom is 0.220 e. The summed E-state index contributed by atoms with van der Waals surface area (Å²) in [5.41, 5.74) is 0.863. The van der Waals surface area contributed by atoms with Crippen LogP contribution < -0.4 is 14.8 Å². The van der Waals surface area contributed by atoms with Crippen molar-refractivity contribution in [2.24, 2.45) is 0 Å². The van der Waals surface area contributed by atoms with Gasteiger partial charge in [-0.1, -0.05) is 12.1 Å². The number of amides is 1. The summed E-state index contributed by atoms with van der Waals surface area (Å²) in [5.74, 6) is 1.44. The molecule has 0 atom stereocenters. The van der Waals surface area contributed by atoms with Crippen molar-refractivity contribution in [2.45, 2.75) is 26.3 Å². The Balaban J connectivity index is 1.37. The standard InChI is InChI=1S/C18H21N3O3S/c1-2-23-15-6-3-4-7-16(15)24-10-5-8-17(22)19-12-14-13-21-9-11-25-18(21)20-14/h3-4,6-7,9,11,13H,2,5,8,10,12H2,1H3,(H,19,22). The predicted molar refractivity (Wildman–Crippen MR) is 97.3 cm³/mol. The van der Waals surface area contributed by atoms with Crippen LogP contribution in [0.25, 0.3) is 4.96 Å². The third kappa shape index (κ3) is 4.73. The molecule has 0 fully saturated rings. The summed E-state index contributed by atoms with van der Waals surface area (Å²) < 4.78 is 13.2. The summed E-state index contributed by atoms with van der Waals surface area (Å²) in [7, 11) is 0. The van der Waals surface area contributed by atoms with Gasteiger partial charge in [0.15, 0.2) is 16.5 Å². The third-order valence-electron chi connectivity index (χ3n) is 3.56. The summed E-state index contributed by atoms with van der Waals surface area (Å²) in [6.07, 6.45) is 4.94. The molecule has 2 aromatic heterocycles. The van der Waals surface area contributed by atoms with Gasteiger partial charge >= 0.3 is 0 Å². The lowest BCUT2D eigenvalue weighted by atomic mass is 10.3. The molecular weight excluding hydrogens is 338 g/mol. The van der Waals surface area contributed by atoms with Crippen molar-refractivity contribution in [3.8, 4) is 11.5 Å². The van der Waals surface area contributed by atoms with E-state index < -0.39 is 0 Å². The number of carbonyl (C=O) groups excluding carboxylic acids is 1. The van der Waals surface area contributed by atoms with E-state index >= 15 is 0 Å². The monoisotopic (exact) mass is 359 g/mol. The van der Waals surface area contributed by atoms with Gasteiger partial charge in [-0.25, -0.2) is 4.98 Å². The minimum Gasteiger partial charge on any atom is -0.490 e. The fourth-order valence-corrected chi connectivity index (χ4v) is 3.12. The smallest absolute Gasteiger partial charge is 0.220 e. The van der Waals surface area contributed by atoms with Crippen molar-refractivity contribution in [1.82, 2.24) is 14.7 Å². The van der Waals surface area contributed by atoms with Crippen molar-refractivity contribution in [1.29, 1.82) is 0 Å². The topological polar surface area (TPSA) is 64.9 Å². The molecule has 0 saturated carbocycles. The molecule has 1 N–H and O–H groups in total. The Morgan fingerprint density at radius 3 is 2.84 bits per heavy atom. The lowest BCUT2D eigenvalue weighted by Crippen LogP contribution is -2.23. The lowest BCUT2D eigenvalue weighted by molar-refractivity contribution is -0.121. The van der Waals surface area contributed by atoms with Gasteiger partial charge in [-0.3, -0.25) is 9.20 Å². The van der Waals surface area contributed by atoms with Crippen LogP contribution >= 0.6 is 11.3 Å². The quantitative estimate of drug-likeness (QED) is 0.596. The summed E-state index contributed by atoms with van der Waals surface area (Å²) in [6.45, 7) is 3.44. The number of benzene rings is 1. The zero-order valence-electron chi connectivity index (χ0n) is 14.1. The number of nitrogens with zero attached hydrogens (tertiary/aromatic N) is 2. The molecule has 0 saturated heterocycles. The van der Waals surface area contributed by atoms with E-state index in [0.717, 1.165) is 16.4 Å². The fourth-order valence-electron chi connectivity index (χ4n) is 2.40. The minimum atomic E-state index is -0.00181. The van der Waals surface area contributed by atoms with Gasteiger partial charge in [0.2, 0.25) is 5.91 Å². The van der Waals surface area contributed by atoms with Crippen LogP contribution in [-0.4, -0.2) is 28.5 Å². The number of fused-ring (bicyclic) bond motifs is 1. The molecule has 0 aliphatic carbocycles. The zero-order valence-corrected chi connectivity index (χ0v) is 14.9. The number of hydrogen-bond acceptors (Lipinski definition) is 5. The largest absolute Gasteiger partial charge is 0.490 e. The van der Waals surface area contributed by atoms with Crippen LogP contribution in [0.1, 0.15) is 25.5 Å². The van der Waals surface area contributed by atoms with Crippen LogP contribution in [-0.2, 0) is 11.3 Å². The van der Waals surface area contributed by atoms with E-state index in [4.69, 9.17) is 9.47 Å². The Hall–Kier alpha value is -2.54. The van der Waals surface area contributed by atoms with Gasteiger partial charge in [0.05, 0.1) is 25.5 Å². The average Bonchev–Trinajstić information content (AvgIpc) is 3.20. The van der Waals surface area contributed by atoms with Crippen molar-refractivity contribution in [2.75, 3.05) is 13.2 Å². The molecule has 1 amide bonds. The van der Waals surface area contributed by atoms with Crippen molar-refractivity contribution < 1.29 is 14.3 Å². The van der Waals surface area contributed by atoms with Crippen LogP contribution in [0.15, 0.2) is 42.0 Å². The molecule has 132 valence electrons. The van der Waals surface area contributed by atoms with Gasteiger partial charge in [0.25, 0.3) is 0 Å². The van der Waals surface area contributed by atoms with Gasteiger partial charge in [0, 0.05) is 24.2 Å². The predicted octanol–water partition coefficient (Wildman–Crippen LogP) is 3.27. The minimum absolute atomic E-state index is 0.00181. The average molecular weight is 359 g/mol. The fraction of sp³-hybridized carbons (Fsp3) is 0.333. The zero-order chi connectivity index (χ0) is 17.5. The molecule has 2 heterocycles. The molecule has 7 heteroatoms. The van der Waals surface area contributed by atoms with E-state index in [2.05, 4.69) is 10.3 Å². The molecule has 0 unspecified atom stereocenters. The van der Waals surface area contributed by atoms with Gasteiger partial charge in [-0.15, -0.1) is 11.3 Å². The van der Waals surface area contributed by atoms with Crippen LogP contribution in [0.2, 0.25) is 0 Å². The number of aromatic nitrogens is 2. The molecule has 6 nitrogen and oxygen atoms in total. The lowest BCUT2D eigenvalue weighted by Gasteiger charge is -2.11. The number of hydrogen-bond donors (Lipinski definition) is 1. The third-order valence-corrected chi connectivity index (χ3v) is 4.34. The Kier molecular flexibility index (Phi) is 5.90. The van der Waals surface area contributed by atoms with Crippen molar-refractivity contribution in [3.63, 3.8) is 0 Å². The van der Waals surface area contributed by atoms with Gasteiger partial charge in [0.1, 0.15) is 0 Å². The first-order valence-electron chi connectivity index (χ1n) is 8.28. The number of ether oxygens (including phenoxy) is 2. The number of para-hydroxylation sites is 2. The highest BCUT2D eigenvalue weighted by Gasteiger charge is 2.07. The summed E-state index contributed by atoms with van der Waals surface area (Å²) in [4.78, 5) is 17.3. The molecule has 25 heavy (non-hydrogen) atoms. The number of rotatable bonds is 9. The second-order valence-electron chi connectivity index (χ2n) is 5.43. The van der Waals surface area contributed by atoms with E-state index in [9.17, 15) is 4.79 Å². The van der Waals surface area contributed by atoms with Crippen LogP contribution in [0.5, 0.6) is 11.5 Å². The Morgan fingerprint density at radius 2 is 2.08 bits per heavy atom. The molecule has 0 aliphatic heterocycles. The first-order chi connectivity index (χ1) is 12.3. The summed E-state index contributed by atoms with van der Waals surface area (Å²) in [6, 6.07) is 7.56. The van der Waals surface area contributed by atoms with E-state index in [0.29, 0.717) is 38.3 Å². The summed E-state index contributed by atoms with van der Waals surface area (Å²) in [5, 5.41) is 4.87. The van der Waals surface area contributed by atoms with Crippen LogP contribution in [0.3, 0.4) is 0 Å². The maximum absolute atomic E-state index is 11.9. The second-order valence-corrected chi connectivity index (χ2v) is 6.31. The van der Waals surface area contributed by atoms with E-state index in [1.54, 1.807) is 11.3 Å². The highest BCUT2D eigenvalue weighted by Crippen LogP contribution is 2.26. The van der Waals surface area contributed by atoms with Crippen molar-refractivity contribution >= 4 is 22.2 Å². The number of nitrogens with one attached hydrogen (secondary N) is 1. The molecule has 0 spiro atoms. The number of carbonyl (C=O) groups is 1. The Morgan fingerprint density at radius 1 is 1.28 bits per heavy atom. The van der Waals surface area contributed by atoms with Crippen LogP contribution in [0, 0.1) is 0 Å². The SMILES string of the molecule is CCOc1ccccc1OCCCC(=O)NCc1cn2ccsc2n1. The van der Waals surface area contributed by atoms with Crippen molar-refractivity contribution in [3.05, 3.63) is 47.7 Å². The number of thiazole rings is 1. The first-order valence-corrected chi connectivity index (χ1v) is 9.16. The Bertz CT molecular complexity index is 799. The molecular formula is C18H21N3O3S. The molecule has 3 rings (SSSR count). The van der Waals surface area contributed by atoms with E-state index in [1.165, 1.54) is 0 Å². The molecule has 0 radical (unpaired) electrons. The van der Waals surface area contributed by atoms with E-state index in [1.807, 2.05) is 53.4 Å². The first kappa shape index (κ1) is 17.3. The maximum atomic E-state index is 11.9. The van der Waals surface area contributed by atoms with Gasteiger partial charge < -0.3 is 14.8 Å². The van der Waals surface area contributed by atoms with Gasteiger partial charge in [-0.05, 0) is 25.5 Å². The van der Waals surface area contributed by atoms with E-state index in [-0.39, 0.29) is 5.91 Å². The summed E-state index contributed by atoms with van der Waals surface area (Å²) >= 11 is 1.57. The molecule has 0 bridgehead atoms.